The van der Waals surface area contributed by atoms with Gasteiger partial charge in [-0.15, -0.1) is 0 Å². The number of fused-ring (bicyclic) bond motifs is 2. The Bertz CT molecular complexity index is 1020. The van der Waals surface area contributed by atoms with Crippen LogP contribution in [0, 0.1) is 11.3 Å². The molecule has 140 valence electrons. The quantitative estimate of drug-likeness (QED) is 0.811. The van der Waals surface area contributed by atoms with E-state index in [0.717, 1.165) is 0 Å². The van der Waals surface area contributed by atoms with Crippen LogP contribution >= 0.6 is 11.6 Å². The van der Waals surface area contributed by atoms with Gasteiger partial charge in [0, 0.05) is 25.2 Å². The normalized spacial score (nSPS) is 22.6. The maximum absolute atomic E-state index is 13.2. The summed E-state index contributed by atoms with van der Waals surface area (Å²) in [6.07, 6.45) is 2.66. The molecule has 3 heterocycles. The highest BCUT2D eigenvalue weighted by Gasteiger charge is 2.48. The van der Waals surface area contributed by atoms with Crippen LogP contribution in [0.3, 0.4) is 0 Å². The monoisotopic (exact) mass is 406 g/mol. The van der Waals surface area contributed by atoms with Gasteiger partial charge in [-0.2, -0.15) is 25.0 Å². The molecule has 2 fully saturated rings. The van der Waals surface area contributed by atoms with Crippen LogP contribution in [0.5, 0.6) is 0 Å². The molecule has 2 aromatic rings. The number of H-pyrrole nitrogens is 1. The number of sulfonamides is 1. The van der Waals surface area contributed by atoms with Gasteiger partial charge in [0.15, 0.2) is 5.69 Å². The highest BCUT2D eigenvalue weighted by Crippen LogP contribution is 2.37. The van der Waals surface area contributed by atoms with Gasteiger partial charge < -0.3 is 4.90 Å². The van der Waals surface area contributed by atoms with Crippen molar-refractivity contribution < 1.29 is 13.2 Å². The van der Waals surface area contributed by atoms with E-state index in [1.54, 1.807) is 4.90 Å². The molecule has 11 heteroatoms. The molecule has 4 rings (SSSR count). The van der Waals surface area contributed by atoms with Gasteiger partial charge in [0.2, 0.25) is 10.0 Å². The lowest BCUT2D eigenvalue weighted by molar-refractivity contribution is 0.0609. The third kappa shape index (κ3) is 2.97. The number of carbonyl (C=O) groups is 1. The fourth-order valence-electron chi connectivity index (χ4n) is 3.77. The maximum atomic E-state index is 13.2. The molecular formula is C16H15ClN6O3S. The summed E-state index contributed by atoms with van der Waals surface area (Å²) in [5.41, 5.74) is 0.431. The van der Waals surface area contributed by atoms with Crippen molar-refractivity contribution in [3.8, 4) is 6.07 Å². The summed E-state index contributed by atoms with van der Waals surface area (Å²) in [4.78, 5) is 14.1. The Hall–Kier alpha value is -2.48. The van der Waals surface area contributed by atoms with Crippen molar-refractivity contribution in [1.82, 2.24) is 24.6 Å². The first-order valence-electron chi connectivity index (χ1n) is 8.30. The Morgan fingerprint density at radius 3 is 2.59 bits per heavy atom. The fraction of sp³-hybridized carbons (Fsp3) is 0.375. The zero-order valence-corrected chi connectivity index (χ0v) is 15.6. The molecule has 1 aromatic carbocycles. The van der Waals surface area contributed by atoms with E-state index in [4.69, 9.17) is 16.9 Å². The van der Waals surface area contributed by atoms with Crippen molar-refractivity contribution in [2.45, 2.75) is 29.8 Å². The number of halogens is 1. The van der Waals surface area contributed by atoms with E-state index in [1.165, 1.54) is 28.7 Å². The van der Waals surface area contributed by atoms with Gasteiger partial charge in [0.05, 0.1) is 22.9 Å². The SMILES string of the molecule is N#Cc1ccc(Cl)c(S(=O)(=O)N2C3CCC2CN(C(=O)c2cn[nH]n2)C3)c1. The zero-order valence-electron chi connectivity index (χ0n) is 14.0. The molecule has 0 saturated carbocycles. The van der Waals surface area contributed by atoms with Crippen molar-refractivity contribution in [2.75, 3.05) is 13.1 Å². The summed E-state index contributed by atoms with van der Waals surface area (Å²) in [7, 11) is -3.89. The van der Waals surface area contributed by atoms with Gasteiger partial charge in [-0.25, -0.2) is 8.42 Å². The lowest BCUT2D eigenvalue weighted by Gasteiger charge is -2.39. The number of nitrogens with zero attached hydrogens (tertiary/aromatic N) is 5. The van der Waals surface area contributed by atoms with Crippen molar-refractivity contribution >= 4 is 27.5 Å². The van der Waals surface area contributed by atoms with Gasteiger partial charge >= 0.3 is 0 Å². The van der Waals surface area contributed by atoms with E-state index < -0.39 is 10.0 Å². The largest absolute Gasteiger partial charge is 0.334 e. The van der Waals surface area contributed by atoms with Crippen molar-refractivity contribution in [3.63, 3.8) is 0 Å². The van der Waals surface area contributed by atoms with Crippen molar-refractivity contribution in [3.05, 3.63) is 40.7 Å². The van der Waals surface area contributed by atoms with Crippen molar-refractivity contribution in [1.29, 1.82) is 5.26 Å². The van der Waals surface area contributed by atoms with Crippen LogP contribution in [0.1, 0.15) is 28.9 Å². The molecule has 1 amide bonds. The Balaban J connectivity index is 1.63. The van der Waals surface area contributed by atoms with Crippen LogP contribution in [0.25, 0.3) is 0 Å². The average molecular weight is 407 g/mol. The van der Waals surface area contributed by atoms with E-state index in [-0.39, 0.29) is 52.3 Å². The maximum Gasteiger partial charge on any atom is 0.276 e. The van der Waals surface area contributed by atoms with Crippen LogP contribution in [0.4, 0.5) is 0 Å². The molecule has 9 nitrogen and oxygen atoms in total. The standard InChI is InChI=1S/C16H15ClN6O3S/c17-13-4-1-10(6-18)5-15(13)27(25,26)23-11-2-3-12(23)9-22(8-11)16(24)14-7-19-21-20-14/h1,4-5,7,11-12H,2-3,8-9H2,(H,19,20,21). The number of aromatic nitrogens is 3. The molecule has 2 atom stereocenters. The first-order valence-corrected chi connectivity index (χ1v) is 10.1. The molecule has 27 heavy (non-hydrogen) atoms. The summed E-state index contributed by atoms with van der Waals surface area (Å²) < 4.78 is 27.9. The molecule has 0 radical (unpaired) electrons. The smallest absolute Gasteiger partial charge is 0.276 e. The summed E-state index contributed by atoms with van der Waals surface area (Å²) >= 11 is 6.12. The minimum absolute atomic E-state index is 0.0728. The van der Waals surface area contributed by atoms with Gasteiger partial charge in [0.1, 0.15) is 4.90 Å². The Labute approximate surface area is 160 Å². The molecule has 2 unspecified atom stereocenters. The number of aromatic amines is 1. The lowest BCUT2D eigenvalue weighted by atomic mass is 10.2. The van der Waals surface area contributed by atoms with Crippen LogP contribution in [0.2, 0.25) is 5.02 Å². The third-order valence-electron chi connectivity index (χ3n) is 4.95. The van der Waals surface area contributed by atoms with E-state index in [0.29, 0.717) is 12.8 Å². The predicted octanol–water partition coefficient (Wildman–Crippen LogP) is 1.01. The molecule has 1 N–H and O–H groups in total. The van der Waals surface area contributed by atoms with E-state index >= 15 is 0 Å². The second-order valence-corrected chi connectivity index (χ2v) is 8.76. The minimum atomic E-state index is -3.89. The van der Waals surface area contributed by atoms with Gasteiger partial charge in [-0.3, -0.25) is 4.79 Å². The first-order chi connectivity index (χ1) is 12.9. The minimum Gasteiger partial charge on any atom is -0.334 e. The number of nitrogens with one attached hydrogen (secondary N) is 1. The molecule has 0 aliphatic carbocycles. The molecule has 2 saturated heterocycles. The van der Waals surface area contributed by atoms with Crippen molar-refractivity contribution in [2.24, 2.45) is 0 Å². The molecule has 2 bridgehead atoms. The number of benzene rings is 1. The second kappa shape index (κ2) is 6.60. The Morgan fingerprint density at radius 2 is 2.00 bits per heavy atom. The van der Waals surface area contributed by atoms with Gasteiger partial charge in [-0.05, 0) is 31.0 Å². The predicted molar refractivity (Wildman–Crippen MR) is 94.3 cm³/mol. The molecule has 2 aliphatic heterocycles. The average Bonchev–Trinajstić information content (AvgIpc) is 3.28. The Kier molecular flexibility index (Phi) is 4.38. The topological polar surface area (TPSA) is 123 Å². The summed E-state index contributed by atoms with van der Waals surface area (Å²) in [5, 5.41) is 19.0. The highest BCUT2D eigenvalue weighted by molar-refractivity contribution is 7.89. The second-order valence-electron chi connectivity index (χ2n) is 6.54. The van der Waals surface area contributed by atoms with Crippen LogP contribution in [0.15, 0.2) is 29.3 Å². The zero-order chi connectivity index (χ0) is 19.2. The fourth-order valence-corrected chi connectivity index (χ4v) is 6.13. The number of rotatable bonds is 3. The highest BCUT2D eigenvalue weighted by atomic mass is 35.5. The van der Waals surface area contributed by atoms with E-state index in [2.05, 4.69) is 15.4 Å². The molecule has 2 aliphatic rings. The third-order valence-corrected chi connectivity index (χ3v) is 7.44. The van der Waals surface area contributed by atoms with Gasteiger partial charge in [-0.1, -0.05) is 11.6 Å². The molecular weight excluding hydrogens is 392 g/mol. The van der Waals surface area contributed by atoms with Gasteiger partial charge in [0.25, 0.3) is 5.91 Å². The van der Waals surface area contributed by atoms with Crippen LogP contribution in [-0.2, 0) is 10.0 Å². The number of piperazine rings is 1. The number of nitriles is 1. The molecule has 0 spiro atoms. The first kappa shape index (κ1) is 17.9. The number of hydrogen-bond acceptors (Lipinski definition) is 6. The summed E-state index contributed by atoms with van der Waals surface area (Å²) in [5.74, 6) is -0.276. The van der Waals surface area contributed by atoms with Crippen LogP contribution in [-0.4, -0.2) is 64.1 Å². The summed E-state index contributed by atoms with van der Waals surface area (Å²) in [6, 6.07) is 5.44. The summed E-state index contributed by atoms with van der Waals surface area (Å²) in [6.45, 7) is 0.550. The lowest BCUT2D eigenvalue weighted by Crippen LogP contribution is -2.57. The number of hydrogen-bond donors (Lipinski definition) is 1. The number of amides is 1. The Morgan fingerprint density at radius 1 is 1.30 bits per heavy atom. The number of carbonyl (C=O) groups excluding carboxylic acids is 1. The van der Waals surface area contributed by atoms with E-state index in [1.807, 2.05) is 6.07 Å². The van der Waals surface area contributed by atoms with Crippen LogP contribution < -0.4 is 0 Å². The van der Waals surface area contributed by atoms with E-state index in [9.17, 15) is 13.2 Å². The molecule has 1 aromatic heterocycles. The number of likely N-dealkylation sites (tertiary alicyclic amines) is 1.